The average Bonchev–Trinajstić information content (AvgIpc) is 3.14. The lowest BCUT2D eigenvalue weighted by molar-refractivity contribution is -0.286. The van der Waals surface area contributed by atoms with Gasteiger partial charge in [-0.15, -0.1) is 20.5 Å². The topological polar surface area (TPSA) is 82.2 Å². The maximum atomic E-state index is 13.3. The third kappa shape index (κ3) is 3.61. The number of ether oxygens (including phenoxy) is 3. The summed E-state index contributed by atoms with van der Waals surface area (Å²) in [6, 6.07) is 6.81. The molecule has 3 heterocycles. The molecule has 0 N–H and O–H groups in total. The molecule has 30 heavy (non-hydrogen) atoms. The number of fused-ring (bicyclic) bond motifs is 2. The second-order valence-corrected chi connectivity index (χ2v) is 8.43. The van der Waals surface area contributed by atoms with Crippen molar-refractivity contribution in [1.29, 1.82) is 5.26 Å². The number of pyridine rings is 1. The number of benzene rings is 1. The molecule has 0 bridgehead atoms. The van der Waals surface area contributed by atoms with Gasteiger partial charge < -0.3 is 18.8 Å². The van der Waals surface area contributed by atoms with Crippen LogP contribution in [0, 0.1) is 11.3 Å². The Kier molecular flexibility index (Phi) is 4.73. The van der Waals surface area contributed by atoms with Crippen LogP contribution in [0.2, 0.25) is 0 Å². The summed E-state index contributed by atoms with van der Waals surface area (Å²) >= 11 is 1.56. The van der Waals surface area contributed by atoms with Crippen LogP contribution in [0.25, 0.3) is 22.6 Å². The number of alkyl halides is 2. The molecule has 0 atom stereocenters. The number of nitrogens with zero attached hydrogens (tertiary/aromatic N) is 4. The number of hydrogen-bond donors (Lipinski definition) is 0. The van der Waals surface area contributed by atoms with Crippen molar-refractivity contribution in [1.82, 2.24) is 14.5 Å². The summed E-state index contributed by atoms with van der Waals surface area (Å²) in [7, 11) is 1.77. The van der Waals surface area contributed by atoms with E-state index in [2.05, 4.69) is 25.5 Å². The molecule has 0 amide bonds. The quantitative estimate of drug-likeness (QED) is 0.538. The summed E-state index contributed by atoms with van der Waals surface area (Å²) < 4.78 is 43.2. The van der Waals surface area contributed by atoms with Gasteiger partial charge in [0.15, 0.2) is 22.9 Å². The predicted octanol–water partition coefficient (Wildman–Crippen LogP) is 4.75. The van der Waals surface area contributed by atoms with Gasteiger partial charge in [-0.05, 0) is 25.7 Å². The Balaban J connectivity index is 1.78. The van der Waals surface area contributed by atoms with Crippen LogP contribution in [0.4, 0.5) is 8.78 Å². The summed E-state index contributed by atoms with van der Waals surface area (Å²) in [6.07, 6.45) is -2.14. The van der Waals surface area contributed by atoms with Gasteiger partial charge >= 0.3 is 6.29 Å². The highest BCUT2D eigenvalue weighted by molar-refractivity contribution is 7.99. The molecule has 2 aromatic heterocycles. The van der Waals surface area contributed by atoms with Crippen LogP contribution in [0.15, 0.2) is 29.3 Å². The summed E-state index contributed by atoms with van der Waals surface area (Å²) in [5.41, 5.74) is 0.714. The van der Waals surface area contributed by atoms with E-state index >= 15 is 0 Å². The molecule has 0 saturated heterocycles. The van der Waals surface area contributed by atoms with E-state index in [0.717, 1.165) is 10.6 Å². The van der Waals surface area contributed by atoms with Crippen molar-refractivity contribution in [2.45, 2.75) is 37.6 Å². The van der Waals surface area contributed by atoms with E-state index in [4.69, 9.17) is 4.74 Å². The van der Waals surface area contributed by atoms with E-state index in [9.17, 15) is 14.0 Å². The Morgan fingerprint density at radius 1 is 1.27 bits per heavy atom. The number of aryl methyl sites for hydroxylation is 1. The number of thioether (sulfide) groups is 1. The van der Waals surface area contributed by atoms with Gasteiger partial charge in [-0.25, -0.2) is 9.97 Å². The zero-order valence-electron chi connectivity index (χ0n) is 16.7. The molecule has 0 unspecified atom stereocenters. The summed E-state index contributed by atoms with van der Waals surface area (Å²) in [5.74, 6) is 1.72. The molecular formula is C20H18F2N4O3S. The van der Waals surface area contributed by atoms with Gasteiger partial charge in [0, 0.05) is 24.1 Å². The molecule has 0 aliphatic carbocycles. The molecule has 1 aromatic carbocycles. The first-order chi connectivity index (χ1) is 14.1. The van der Waals surface area contributed by atoms with E-state index in [1.807, 2.05) is 13.0 Å². The first-order valence-electron chi connectivity index (χ1n) is 9.12. The number of rotatable bonds is 5. The van der Waals surface area contributed by atoms with Crippen molar-refractivity contribution in [3.63, 3.8) is 0 Å². The smallest absolute Gasteiger partial charge is 0.471 e. The Morgan fingerprint density at radius 2 is 1.97 bits per heavy atom. The highest BCUT2D eigenvalue weighted by Gasteiger charge is 2.44. The fraction of sp³-hybridized carbons (Fsp3) is 0.350. The molecule has 0 saturated carbocycles. The largest absolute Gasteiger partial charge is 0.586 e. The molecular weight excluding hydrogens is 414 g/mol. The molecule has 0 radical (unpaired) electrons. The van der Waals surface area contributed by atoms with Crippen LogP contribution < -0.4 is 14.2 Å². The van der Waals surface area contributed by atoms with Gasteiger partial charge in [0.05, 0.1) is 17.2 Å². The van der Waals surface area contributed by atoms with Crippen molar-refractivity contribution in [3.05, 3.63) is 24.4 Å². The SMILES string of the molecule is CCSc1cc(OC(C)(C)C#N)cnc1-c1nc2cc3c(cc2n1C)OC(F)(F)O3. The third-order valence-corrected chi connectivity index (χ3v) is 5.30. The maximum Gasteiger partial charge on any atom is 0.586 e. The molecule has 156 valence electrons. The first kappa shape index (κ1) is 20.2. The number of halogens is 2. The van der Waals surface area contributed by atoms with Gasteiger partial charge in [0.1, 0.15) is 17.5 Å². The maximum absolute atomic E-state index is 13.3. The molecule has 3 aromatic rings. The average molecular weight is 432 g/mol. The Hall–Kier alpha value is -3.06. The van der Waals surface area contributed by atoms with Gasteiger partial charge in [0.2, 0.25) is 0 Å². The Morgan fingerprint density at radius 3 is 2.63 bits per heavy atom. The second-order valence-electron chi connectivity index (χ2n) is 7.12. The normalized spacial score (nSPS) is 14.7. The van der Waals surface area contributed by atoms with Crippen molar-refractivity contribution >= 4 is 22.8 Å². The number of aromatic nitrogens is 3. The first-order valence-corrected chi connectivity index (χ1v) is 10.1. The minimum absolute atomic E-state index is 0.0411. The van der Waals surface area contributed by atoms with Crippen molar-refractivity contribution in [2.75, 3.05) is 5.75 Å². The molecule has 4 rings (SSSR count). The van der Waals surface area contributed by atoms with Gasteiger partial charge in [-0.3, -0.25) is 0 Å². The summed E-state index contributed by atoms with van der Waals surface area (Å²) in [5, 5.41) is 9.20. The van der Waals surface area contributed by atoms with Crippen molar-refractivity contribution in [2.24, 2.45) is 7.05 Å². The zero-order valence-corrected chi connectivity index (χ0v) is 17.5. The lowest BCUT2D eigenvalue weighted by atomic mass is 10.2. The fourth-order valence-electron chi connectivity index (χ4n) is 3.08. The zero-order chi connectivity index (χ0) is 21.7. The van der Waals surface area contributed by atoms with Crippen molar-refractivity contribution < 1.29 is 23.0 Å². The van der Waals surface area contributed by atoms with Crippen LogP contribution in [0.3, 0.4) is 0 Å². The minimum Gasteiger partial charge on any atom is -0.471 e. The second kappa shape index (κ2) is 7.02. The van der Waals surface area contributed by atoms with Gasteiger partial charge in [-0.1, -0.05) is 6.92 Å². The molecule has 1 aliphatic rings. The van der Waals surface area contributed by atoms with E-state index in [1.165, 1.54) is 12.1 Å². The lowest BCUT2D eigenvalue weighted by Gasteiger charge is -2.19. The van der Waals surface area contributed by atoms with Crippen LogP contribution in [0.5, 0.6) is 17.2 Å². The number of hydrogen-bond acceptors (Lipinski definition) is 7. The van der Waals surface area contributed by atoms with E-state index < -0.39 is 11.9 Å². The van der Waals surface area contributed by atoms with E-state index in [1.54, 1.807) is 43.4 Å². The van der Waals surface area contributed by atoms with Crippen LogP contribution in [0.1, 0.15) is 20.8 Å². The molecule has 0 fully saturated rings. The Bertz CT molecular complexity index is 1190. The van der Waals surface area contributed by atoms with Crippen LogP contribution in [-0.4, -0.2) is 32.2 Å². The molecule has 1 aliphatic heterocycles. The van der Waals surface area contributed by atoms with E-state index in [0.29, 0.717) is 28.3 Å². The highest BCUT2D eigenvalue weighted by atomic mass is 32.2. The number of imidazole rings is 1. The molecule has 7 nitrogen and oxygen atoms in total. The lowest BCUT2D eigenvalue weighted by Crippen LogP contribution is -2.25. The standard InChI is InChI=1S/C20H18F2N4O3S/c1-5-30-16-6-11(27-19(2,3)10-23)9-24-17(16)18-25-12-7-14-15(8-13(12)26(18)4)29-20(21,22)28-14/h6-9H,5H2,1-4H3. The number of nitriles is 1. The fourth-order valence-corrected chi connectivity index (χ4v) is 3.87. The highest BCUT2D eigenvalue weighted by Crippen LogP contribution is 2.44. The van der Waals surface area contributed by atoms with Gasteiger partial charge in [0.25, 0.3) is 0 Å². The van der Waals surface area contributed by atoms with Crippen LogP contribution in [-0.2, 0) is 7.05 Å². The predicted molar refractivity (Wildman–Crippen MR) is 107 cm³/mol. The molecule has 10 heteroatoms. The minimum atomic E-state index is -3.68. The summed E-state index contributed by atoms with van der Waals surface area (Å²) in [4.78, 5) is 9.94. The van der Waals surface area contributed by atoms with E-state index in [-0.39, 0.29) is 11.5 Å². The van der Waals surface area contributed by atoms with Gasteiger partial charge in [-0.2, -0.15) is 5.26 Å². The molecule has 0 spiro atoms. The Labute approximate surface area is 175 Å². The third-order valence-electron chi connectivity index (χ3n) is 4.39. The monoisotopic (exact) mass is 432 g/mol. The summed E-state index contributed by atoms with van der Waals surface area (Å²) in [6.45, 7) is 5.35. The van der Waals surface area contributed by atoms with Crippen LogP contribution >= 0.6 is 11.8 Å². The van der Waals surface area contributed by atoms with Crippen molar-refractivity contribution in [3.8, 4) is 34.8 Å².